The van der Waals surface area contributed by atoms with Crippen LogP contribution >= 0.6 is 15.9 Å². The van der Waals surface area contributed by atoms with Crippen molar-refractivity contribution >= 4 is 39.4 Å². The highest BCUT2D eigenvalue weighted by molar-refractivity contribution is 9.10. The minimum atomic E-state index is -0.717. The molecule has 7 nitrogen and oxygen atoms in total. The zero-order valence-electron chi connectivity index (χ0n) is 14.7. The largest absolute Gasteiger partial charge is 0.484 e. The fourth-order valence-corrected chi connectivity index (χ4v) is 2.25. The van der Waals surface area contributed by atoms with Crippen LogP contribution in [0.1, 0.15) is 5.56 Å². The number of benzene rings is 2. The van der Waals surface area contributed by atoms with Gasteiger partial charge in [0.05, 0.1) is 0 Å². The van der Waals surface area contributed by atoms with Gasteiger partial charge in [0.2, 0.25) is 0 Å². The lowest BCUT2D eigenvalue weighted by Crippen LogP contribution is -2.35. The predicted molar refractivity (Wildman–Crippen MR) is 103 cm³/mol. The van der Waals surface area contributed by atoms with E-state index in [9.17, 15) is 14.4 Å². The van der Waals surface area contributed by atoms with Gasteiger partial charge >= 0.3 is 5.97 Å². The molecule has 0 atom stereocenters. The number of para-hydroxylation sites is 1. The SMILES string of the molecule is Cc1cc(NC(=O)COC(=O)CNC(=O)COc2ccccc2)ccc1Br. The van der Waals surface area contributed by atoms with E-state index in [0.717, 1.165) is 10.0 Å². The molecule has 0 aliphatic heterocycles. The summed E-state index contributed by atoms with van der Waals surface area (Å²) in [5.41, 5.74) is 1.56. The van der Waals surface area contributed by atoms with Crippen molar-refractivity contribution in [1.29, 1.82) is 0 Å². The van der Waals surface area contributed by atoms with Crippen molar-refractivity contribution in [2.24, 2.45) is 0 Å². The standard InChI is InChI=1S/C19H19BrN2O5/c1-13-9-14(7-8-16(13)20)22-18(24)12-27-19(25)10-21-17(23)11-26-15-5-3-2-4-6-15/h2-9H,10-12H2,1H3,(H,21,23)(H,22,24). The van der Waals surface area contributed by atoms with Gasteiger partial charge in [0.1, 0.15) is 12.3 Å². The molecule has 142 valence electrons. The van der Waals surface area contributed by atoms with Crippen molar-refractivity contribution in [2.45, 2.75) is 6.92 Å². The Labute approximate surface area is 165 Å². The summed E-state index contributed by atoms with van der Waals surface area (Å²) in [5, 5.41) is 4.99. The first-order valence-electron chi connectivity index (χ1n) is 8.10. The van der Waals surface area contributed by atoms with Crippen LogP contribution in [0.25, 0.3) is 0 Å². The number of ether oxygens (including phenoxy) is 2. The third-order valence-electron chi connectivity index (χ3n) is 3.35. The average molecular weight is 435 g/mol. The molecule has 0 fully saturated rings. The molecule has 2 rings (SSSR count). The molecule has 2 N–H and O–H groups in total. The molecule has 0 radical (unpaired) electrons. The molecule has 27 heavy (non-hydrogen) atoms. The summed E-state index contributed by atoms with van der Waals surface area (Å²) >= 11 is 3.37. The van der Waals surface area contributed by atoms with E-state index < -0.39 is 24.4 Å². The Morgan fingerprint density at radius 2 is 1.74 bits per heavy atom. The van der Waals surface area contributed by atoms with Crippen LogP contribution < -0.4 is 15.4 Å². The number of amides is 2. The maximum atomic E-state index is 11.8. The number of rotatable bonds is 8. The van der Waals surface area contributed by atoms with Crippen molar-refractivity contribution in [3.63, 3.8) is 0 Å². The molecule has 2 aromatic carbocycles. The molecule has 0 spiro atoms. The number of halogens is 1. The number of hydrogen-bond acceptors (Lipinski definition) is 5. The first kappa shape index (κ1) is 20.4. The molecule has 0 saturated carbocycles. The van der Waals surface area contributed by atoms with Gasteiger partial charge in [0.25, 0.3) is 11.8 Å². The van der Waals surface area contributed by atoms with E-state index in [1.54, 1.807) is 36.4 Å². The third kappa shape index (κ3) is 7.49. The number of carbonyl (C=O) groups excluding carboxylic acids is 3. The van der Waals surface area contributed by atoms with E-state index in [1.807, 2.05) is 19.1 Å². The van der Waals surface area contributed by atoms with Gasteiger partial charge in [-0.25, -0.2) is 0 Å². The van der Waals surface area contributed by atoms with Crippen LogP contribution in [-0.2, 0) is 19.1 Å². The lowest BCUT2D eigenvalue weighted by Gasteiger charge is -2.09. The zero-order valence-corrected chi connectivity index (χ0v) is 16.2. The Bertz CT molecular complexity index is 811. The van der Waals surface area contributed by atoms with Crippen LogP contribution in [-0.4, -0.2) is 37.5 Å². The lowest BCUT2D eigenvalue weighted by atomic mass is 10.2. The normalized spacial score (nSPS) is 10.0. The number of aryl methyl sites for hydroxylation is 1. The molecular weight excluding hydrogens is 416 g/mol. The molecule has 0 aliphatic carbocycles. The Kier molecular flexibility index (Phi) is 7.81. The van der Waals surface area contributed by atoms with Crippen molar-refractivity contribution in [1.82, 2.24) is 5.32 Å². The number of nitrogens with one attached hydrogen (secondary N) is 2. The van der Waals surface area contributed by atoms with E-state index in [0.29, 0.717) is 11.4 Å². The smallest absolute Gasteiger partial charge is 0.325 e. The van der Waals surface area contributed by atoms with Gasteiger partial charge in [0.15, 0.2) is 13.2 Å². The molecule has 0 unspecified atom stereocenters. The lowest BCUT2D eigenvalue weighted by molar-refractivity contribution is -0.147. The van der Waals surface area contributed by atoms with Crippen LogP contribution in [0.2, 0.25) is 0 Å². The summed E-state index contributed by atoms with van der Waals surface area (Å²) in [7, 11) is 0. The summed E-state index contributed by atoms with van der Waals surface area (Å²) in [6, 6.07) is 14.2. The minimum Gasteiger partial charge on any atom is -0.484 e. The number of hydrogen-bond donors (Lipinski definition) is 2. The van der Waals surface area contributed by atoms with Crippen molar-refractivity contribution in [3.8, 4) is 5.75 Å². The molecule has 0 aliphatic rings. The number of anilines is 1. The van der Waals surface area contributed by atoms with Gasteiger partial charge in [0, 0.05) is 10.2 Å². The molecule has 0 heterocycles. The van der Waals surface area contributed by atoms with Crippen LogP contribution in [0.3, 0.4) is 0 Å². The number of esters is 1. The van der Waals surface area contributed by atoms with Crippen molar-refractivity contribution in [3.05, 3.63) is 58.6 Å². The van der Waals surface area contributed by atoms with Gasteiger partial charge in [-0.05, 0) is 42.8 Å². The van der Waals surface area contributed by atoms with Gasteiger partial charge in [-0.3, -0.25) is 14.4 Å². The summed E-state index contributed by atoms with van der Waals surface area (Å²) in [6.45, 7) is 0.886. The minimum absolute atomic E-state index is 0.222. The highest BCUT2D eigenvalue weighted by atomic mass is 79.9. The van der Waals surface area contributed by atoms with E-state index >= 15 is 0 Å². The Hall–Kier alpha value is -2.87. The first-order chi connectivity index (χ1) is 12.9. The second-order valence-corrected chi connectivity index (χ2v) is 6.41. The van der Waals surface area contributed by atoms with E-state index in [4.69, 9.17) is 9.47 Å². The molecule has 0 bridgehead atoms. The van der Waals surface area contributed by atoms with Crippen molar-refractivity contribution < 1.29 is 23.9 Å². The fourth-order valence-electron chi connectivity index (χ4n) is 2.00. The summed E-state index contributed by atoms with van der Waals surface area (Å²) in [4.78, 5) is 35.0. The third-order valence-corrected chi connectivity index (χ3v) is 4.24. The second kappa shape index (κ2) is 10.3. The van der Waals surface area contributed by atoms with Crippen LogP contribution in [0.5, 0.6) is 5.75 Å². The van der Waals surface area contributed by atoms with Crippen LogP contribution in [0.15, 0.2) is 53.0 Å². The van der Waals surface area contributed by atoms with Crippen LogP contribution in [0, 0.1) is 6.92 Å². The number of carbonyl (C=O) groups is 3. The van der Waals surface area contributed by atoms with Crippen LogP contribution in [0.4, 0.5) is 5.69 Å². The van der Waals surface area contributed by atoms with E-state index in [2.05, 4.69) is 26.6 Å². The average Bonchev–Trinajstić information content (AvgIpc) is 2.67. The Morgan fingerprint density at radius 1 is 1.00 bits per heavy atom. The maximum absolute atomic E-state index is 11.8. The predicted octanol–water partition coefficient (Wildman–Crippen LogP) is 2.43. The van der Waals surface area contributed by atoms with Gasteiger partial charge < -0.3 is 20.1 Å². The summed E-state index contributed by atoms with van der Waals surface area (Å²) in [5.74, 6) is -1.10. The maximum Gasteiger partial charge on any atom is 0.325 e. The highest BCUT2D eigenvalue weighted by Gasteiger charge is 2.10. The van der Waals surface area contributed by atoms with Crippen molar-refractivity contribution in [2.75, 3.05) is 25.1 Å². The Morgan fingerprint density at radius 3 is 2.44 bits per heavy atom. The Balaban J connectivity index is 1.64. The molecule has 0 saturated heterocycles. The fraction of sp³-hybridized carbons (Fsp3) is 0.211. The van der Waals surface area contributed by atoms with E-state index in [1.165, 1.54) is 0 Å². The monoisotopic (exact) mass is 434 g/mol. The molecule has 0 aromatic heterocycles. The highest BCUT2D eigenvalue weighted by Crippen LogP contribution is 2.19. The second-order valence-electron chi connectivity index (χ2n) is 5.55. The first-order valence-corrected chi connectivity index (χ1v) is 8.89. The summed E-state index contributed by atoms with van der Waals surface area (Å²) < 4.78 is 11.0. The molecule has 2 aromatic rings. The molecule has 8 heteroatoms. The van der Waals surface area contributed by atoms with Gasteiger partial charge in [-0.15, -0.1) is 0 Å². The quantitative estimate of drug-likeness (QED) is 0.622. The molecular formula is C19H19BrN2O5. The van der Waals surface area contributed by atoms with Gasteiger partial charge in [-0.2, -0.15) is 0 Å². The summed E-state index contributed by atoms with van der Waals surface area (Å²) in [6.07, 6.45) is 0. The van der Waals surface area contributed by atoms with Gasteiger partial charge in [-0.1, -0.05) is 34.1 Å². The molecule has 2 amide bonds. The topological polar surface area (TPSA) is 93.7 Å². The van der Waals surface area contributed by atoms with E-state index in [-0.39, 0.29) is 13.2 Å². The zero-order chi connectivity index (χ0) is 19.6.